The molecule has 2 aromatic carbocycles. The van der Waals surface area contributed by atoms with E-state index in [1.165, 1.54) is 4.31 Å². The molecule has 1 heterocycles. The predicted molar refractivity (Wildman–Crippen MR) is 104 cm³/mol. The van der Waals surface area contributed by atoms with Crippen molar-refractivity contribution in [2.45, 2.75) is 26.0 Å². The maximum Gasteiger partial charge on any atom is 0.236 e. The normalized spacial score (nSPS) is 16.6. The minimum Gasteiger partial charge on any atom is -0.283 e. The lowest BCUT2D eigenvalue weighted by atomic mass is 10.1. The lowest BCUT2D eigenvalue weighted by Crippen LogP contribution is -2.25. The molecular formula is C18H22N2O4S2. The summed E-state index contributed by atoms with van der Waals surface area (Å²) < 4.78 is 53.0. The van der Waals surface area contributed by atoms with Gasteiger partial charge in [-0.2, -0.15) is 0 Å². The van der Waals surface area contributed by atoms with E-state index in [0.29, 0.717) is 29.9 Å². The van der Waals surface area contributed by atoms with Crippen LogP contribution in [0.4, 0.5) is 11.4 Å². The summed E-state index contributed by atoms with van der Waals surface area (Å²) >= 11 is 0. The van der Waals surface area contributed by atoms with Crippen LogP contribution in [0, 0.1) is 13.8 Å². The quantitative estimate of drug-likeness (QED) is 0.845. The van der Waals surface area contributed by atoms with E-state index in [-0.39, 0.29) is 11.5 Å². The van der Waals surface area contributed by atoms with Crippen LogP contribution in [0.1, 0.15) is 23.1 Å². The number of sulfonamides is 2. The molecule has 0 radical (unpaired) electrons. The van der Waals surface area contributed by atoms with Crippen molar-refractivity contribution in [1.82, 2.24) is 0 Å². The number of nitrogens with zero attached hydrogens (tertiary/aromatic N) is 1. The molecule has 0 unspecified atom stereocenters. The first-order valence-electron chi connectivity index (χ1n) is 8.34. The number of benzene rings is 2. The fraction of sp³-hybridized carbons (Fsp3) is 0.333. The van der Waals surface area contributed by atoms with Gasteiger partial charge in [0.15, 0.2) is 0 Å². The van der Waals surface area contributed by atoms with Gasteiger partial charge < -0.3 is 0 Å². The van der Waals surface area contributed by atoms with Crippen molar-refractivity contribution in [1.29, 1.82) is 0 Å². The molecule has 0 amide bonds. The van der Waals surface area contributed by atoms with Gasteiger partial charge in [0, 0.05) is 12.2 Å². The Bertz CT molecular complexity index is 1030. The zero-order valence-electron chi connectivity index (χ0n) is 14.8. The van der Waals surface area contributed by atoms with Gasteiger partial charge in [-0.25, -0.2) is 16.8 Å². The van der Waals surface area contributed by atoms with E-state index in [1.807, 2.05) is 25.1 Å². The van der Waals surface area contributed by atoms with E-state index >= 15 is 0 Å². The summed E-state index contributed by atoms with van der Waals surface area (Å²) in [5.41, 5.74) is 3.41. The Morgan fingerprint density at radius 2 is 1.81 bits per heavy atom. The molecule has 0 aromatic heterocycles. The van der Waals surface area contributed by atoms with Crippen LogP contribution in [-0.2, 0) is 25.8 Å². The zero-order valence-corrected chi connectivity index (χ0v) is 16.4. The third-order valence-electron chi connectivity index (χ3n) is 4.44. The van der Waals surface area contributed by atoms with Crippen LogP contribution < -0.4 is 9.03 Å². The molecule has 6 nitrogen and oxygen atoms in total. The summed E-state index contributed by atoms with van der Waals surface area (Å²) in [4.78, 5) is 0. The first kappa shape index (κ1) is 18.7. The van der Waals surface area contributed by atoms with Crippen LogP contribution in [0.2, 0.25) is 0 Å². The molecule has 0 spiro atoms. The Hall–Kier alpha value is -2.06. The molecule has 8 heteroatoms. The molecule has 1 aliphatic heterocycles. The fourth-order valence-electron chi connectivity index (χ4n) is 3.10. The van der Waals surface area contributed by atoms with Crippen LogP contribution in [0.3, 0.4) is 0 Å². The predicted octanol–water partition coefficient (Wildman–Crippen LogP) is 2.79. The SMILES string of the molecule is Cc1ccccc1CS(=O)(=O)Nc1ccc(N2CCCS2(=O)=O)c(C)c1. The molecule has 0 saturated carbocycles. The number of anilines is 2. The Labute approximate surface area is 155 Å². The van der Waals surface area contributed by atoms with Crippen molar-refractivity contribution in [2.75, 3.05) is 21.3 Å². The monoisotopic (exact) mass is 394 g/mol. The average Bonchev–Trinajstić information content (AvgIpc) is 2.88. The van der Waals surface area contributed by atoms with E-state index < -0.39 is 20.0 Å². The van der Waals surface area contributed by atoms with Crippen molar-refractivity contribution in [3.05, 3.63) is 59.2 Å². The molecule has 140 valence electrons. The van der Waals surface area contributed by atoms with Crippen molar-refractivity contribution < 1.29 is 16.8 Å². The third kappa shape index (κ3) is 4.02. The Kier molecular flexibility index (Phi) is 4.98. The van der Waals surface area contributed by atoms with Gasteiger partial charge >= 0.3 is 0 Å². The zero-order chi connectivity index (χ0) is 18.9. The molecule has 1 N–H and O–H groups in total. The number of hydrogen-bond donors (Lipinski definition) is 1. The minimum atomic E-state index is -3.56. The van der Waals surface area contributed by atoms with E-state index in [1.54, 1.807) is 31.2 Å². The van der Waals surface area contributed by atoms with Gasteiger partial charge in [0.05, 0.1) is 17.2 Å². The van der Waals surface area contributed by atoms with Gasteiger partial charge in [0.25, 0.3) is 0 Å². The standard InChI is InChI=1S/C18H22N2O4S2/c1-14-6-3-4-7-16(14)13-25(21,22)19-17-8-9-18(15(2)12-17)20-10-5-11-26(20,23)24/h3-4,6-9,12,19H,5,10-11,13H2,1-2H3. The second kappa shape index (κ2) is 6.92. The summed E-state index contributed by atoms with van der Waals surface area (Å²) in [5.74, 6) is 0.0399. The molecule has 0 bridgehead atoms. The van der Waals surface area contributed by atoms with Crippen LogP contribution in [0.5, 0.6) is 0 Å². The highest BCUT2D eigenvalue weighted by Gasteiger charge is 2.29. The first-order valence-corrected chi connectivity index (χ1v) is 11.6. The van der Waals surface area contributed by atoms with E-state index in [0.717, 1.165) is 11.1 Å². The fourth-order valence-corrected chi connectivity index (χ4v) is 6.02. The molecule has 3 rings (SSSR count). The molecule has 2 aromatic rings. The first-order chi connectivity index (χ1) is 12.2. The molecule has 1 aliphatic rings. The van der Waals surface area contributed by atoms with E-state index in [2.05, 4.69) is 4.72 Å². The maximum absolute atomic E-state index is 12.5. The van der Waals surface area contributed by atoms with E-state index in [9.17, 15) is 16.8 Å². The highest BCUT2D eigenvalue weighted by Crippen LogP contribution is 2.29. The minimum absolute atomic E-state index is 0.110. The molecule has 0 aliphatic carbocycles. The van der Waals surface area contributed by atoms with Gasteiger partial charge in [-0.05, 0) is 55.2 Å². The molecular weight excluding hydrogens is 372 g/mol. The van der Waals surface area contributed by atoms with Crippen molar-refractivity contribution in [3.63, 3.8) is 0 Å². The topological polar surface area (TPSA) is 83.6 Å². The highest BCUT2D eigenvalue weighted by molar-refractivity contribution is 7.93. The van der Waals surface area contributed by atoms with Gasteiger partial charge in [0.1, 0.15) is 0 Å². The summed E-state index contributed by atoms with van der Waals surface area (Å²) in [6.45, 7) is 4.12. The Morgan fingerprint density at radius 3 is 2.42 bits per heavy atom. The van der Waals surface area contributed by atoms with Crippen LogP contribution >= 0.6 is 0 Å². The van der Waals surface area contributed by atoms with Gasteiger partial charge in [-0.15, -0.1) is 0 Å². The molecule has 1 saturated heterocycles. The van der Waals surface area contributed by atoms with Crippen molar-refractivity contribution in [3.8, 4) is 0 Å². The maximum atomic E-state index is 12.5. The smallest absolute Gasteiger partial charge is 0.236 e. The number of hydrogen-bond acceptors (Lipinski definition) is 4. The van der Waals surface area contributed by atoms with Crippen molar-refractivity contribution in [2.24, 2.45) is 0 Å². The van der Waals surface area contributed by atoms with Crippen LogP contribution in [-0.4, -0.2) is 29.1 Å². The van der Waals surface area contributed by atoms with Gasteiger partial charge in [0.2, 0.25) is 20.0 Å². The summed E-state index contributed by atoms with van der Waals surface area (Å²) in [6, 6.07) is 12.3. The van der Waals surface area contributed by atoms with E-state index in [4.69, 9.17) is 0 Å². The van der Waals surface area contributed by atoms with Crippen LogP contribution in [0.25, 0.3) is 0 Å². The average molecular weight is 395 g/mol. The molecule has 26 heavy (non-hydrogen) atoms. The number of rotatable bonds is 5. The van der Waals surface area contributed by atoms with Crippen molar-refractivity contribution >= 4 is 31.4 Å². The Morgan fingerprint density at radius 1 is 1.08 bits per heavy atom. The summed E-state index contributed by atoms with van der Waals surface area (Å²) in [5, 5.41) is 0. The summed E-state index contributed by atoms with van der Waals surface area (Å²) in [7, 11) is -6.82. The van der Waals surface area contributed by atoms with Gasteiger partial charge in [-0.3, -0.25) is 9.03 Å². The molecule has 1 fully saturated rings. The second-order valence-electron chi connectivity index (χ2n) is 6.53. The molecule has 0 atom stereocenters. The number of nitrogens with one attached hydrogen (secondary N) is 1. The van der Waals surface area contributed by atoms with Crippen LogP contribution in [0.15, 0.2) is 42.5 Å². The van der Waals surface area contributed by atoms with Gasteiger partial charge in [-0.1, -0.05) is 24.3 Å². The second-order valence-corrected chi connectivity index (χ2v) is 10.3. The number of aryl methyl sites for hydroxylation is 2. The lowest BCUT2D eigenvalue weighted by Gasteiger charge is -2.20. The largest absolute Gasteiger partial charge is 0.283 e. The Balaban J connectivity index is 1.80. The third-order valence-corrected chi connectivity index (χ3v) is 7.54. The summed E-state index contributed by atoms with van der Waals surface area (Å²) in [6.07, 6.45) is 0.604. The lowest BCUT2D eigenvalue weighted by molar-refractivity contribution is 0.598. The highest BCUT2D eigenvalue weighted by atomic mass is 32.2.